The summed E-state index contributed by atoms with van der Waals surface area (Å²) in [5.41, 5.74) is 0.703. The van der Waals surface area contributed by atoms with Gasteiger partial charge in [-0.05, 0) is 23.3 Å². The fraction of sp³-hybridized carbons (Fsp3) is 0.300. The van der Waals surface area contributed by atoms with E-state index >= 15 is 0 Å². The molecule has 0 bridgehead atoms. The van der Waals surface area contributed by atoms with Crippen molar-refractivity contribution in [2.24, 2.45) is 0 Å². The summed E-state index contributed by atoms with van der Waals surface area (Å²) in [5.74, 6) is -2.95. The van der Waals surface area contributed by atoms with E-state index < -0.39 is 42.9 Å². The molecule has 1 unspecified atom stereocenters. The first-order chi connectivity index (χ1) is 13.7. The van der Waals surface area contributed by atoms with Crippen LogP contribution in [0.15, 0.2) is 54.6 Å². The van der Waals surface area contributed by atoms with Gasteiger partial charge in [0, 0.05) is 13.1 Å². The molecule has 2 aromatic carbocycles. The van der Waals surface area contributed by atoms with Crippen molar-refractivity contribution in [2.45, 2.75) is 25.2 Å². The van der Waals surface area contributed by atoms with E-state index in [2.05, 4.69) is 5.32 Å². The number of aliphatic hydroxyl groups excluding tert-OH is 1. The van der Waals surface area contributed by atoms with Crippen molar-refractivity contribution < 1.29 is 32.3 Å². The average molecular weight is 412 g/mol. The molecular formula is C20H20F4N2O3. The van der Waals surface area contributed by atoms with Crippen LogP contribution in [-0.4, -0.2) is 41.1 Å². The van der Waals surface area contributed by atoms with Crippen molar-refractivity contribution in [1.29, 1.82) is 0 Å². The van der Waals surface area contributed by atoms with Gasteiger partial charge in [-0.25, -0.2) is 4.39 Å². The smallest absolute Gasteiger partial charge is 0.391 e. The number of hydrogen-bond acceptors (Lipinski definition) is 3. The third-order valence-corrected chi connectivity index (χ3v) is 4.08. The molecule has 0 radical (unpaired) electrons. The molecule has 29 heavy (non-hydrogen) atoms. The van der Waals surface area contributed by atoms with E-state index in [0.717, 1.165) is 29.2 Å². The Morgan fingerprint density at radius 2 is 1.66 bits per heavy atom. The van der Waals surface area contributed by atoms with Crippen LogP contribution >= 0.6 is 0 Å². The van der Waals surface area contributed by atoms with Gasteiger partial charge in [0.25, 0.3) is 0 Å². The molecule has 1 atom stereocenters. The lowest BCUT2D eigenvalue weighted by atomic mass is 10.0. The highest BCUT2D eigenvalue weighted by atomic mass is 19.4. The van der Waals surface area contributed by atoms with Gasteiger partial charge in [0.05, 0.1) is 19.1 Å². The van der Waals surface area contributed by atoms with Gasteiger partial charge in [-0.15, -0.1) is 0 Å². The highest BCUT2D eigenvalue weighted by Crippen LogP contribution is 2.29. The predicted octanol–water partition coefficient (Wildman–Crippen LogP) is 2.96. The summed E-state index contributed by atoms with van der Waals surface area (Å²) in [6, 6.07) is 11.3. The van der Waals surface area contributed by atoms with Crippen LogP contribution < -0.4 is 5.32 Å². The van der Waals surface area contributed by atoms with Crippen molar-refractivity contribution in [2.75, 3.05) is 13.2 Å². The minimum absolute atomic E-state index is 0.00807. The molecule has 0 saturated carbocycles. The zero-order chi connectivity index (χ0) is 21.4. The molecule has 2 rings (SSSR count). The lowest BCUT2D eigenvalue weighted by Crippen LogP contribution is -2.45. The summed E-state index contributed by atoms with van der Waals surface area (Å²) < 4.78 is 51.9. The molecule has 0 aliphatic rings. The van der Waals surface area contributed by atoms with Crippen LogP contribution in [0, 0.1) is 5.82 Å². The zero-order valence-corrected chi connectivity index (χ0v) is 15.3. The number of halogens is 4. The van der Waals surface area contributed by atoms with Crippen molar-refractivity contribution in [1.82, 2.24) is 10.2 Å². The normalized spacial score (nSPS) is 12.3. The fourth-order valence-electron chi connectivity index (χ4n) is 2.72. The Hall–Kier alpha value is -2.94. The van der Waals surface area contributed by atoms with Crippen molar-refractivity contribution in [3.63, 3.8) is 0 Å². The molecule has 0 saturated heterocycles. The third-order valence-electron chi connectivity index (χ3n) is 4.08. The molecular weight excluding hydrogens is 392 g/mol. The fourth-order valence-corrected chi connectivity index (χ4v) is 2.72. The summed E-state index contributed by atoms with van der Waals surface area (Å²) in [7, 11) is 0. The number of rotatable bonds is 7. The number of benzene rings is 2. The summed E-state index contributed by atoms with van der Waals surface area (Å²) >= 11 is 0. The number of nitrogens with one attached hydrogen (secondary N) is 1. The number of amides is 2. The lowest BCUT2D eigenvalue weighted by molar-refractivity contribution is -0.151. The maximum Gasteiger partial charge on any atom is 0.391 e. The van der Waals surface area contributed by atoms with Crippen LogP contribution in [0.1, 0.15) is 23.6 Å². The van der Waals surface area contributed by atoms with Crippen molar-refractivity contribution in [3.05, 3.63) is 71.5 Å². The minimum Gasteiger partial charge on any atom is -0.395 e. The molecule has 0 aliphatic heterocycles. The van der Waals surface area contributed by atoms with Crippen LogP contribution in [0.4, 0.5) is 17.6 Å². The second kappa shape index (κ2) is 10.0. The first-order valence-electron chi connectivity index (χ1n) is 8.76. The van der Waals surface area contributed by atoms with Gasteiger partial charge < -0.3 is 15.3 Å². The Bertz CT molecular complexity index is 811. The Labute approximate surface area is 164 Å². The lowest BCUT2D eigenvalue weighted by Gasteiger charge is -2.24. The molecule has 0 spiro atoms. The first kappa shape index (κ1) is 22.4. The molecule has 0 fully saturated rings. The number of hydrogen-bond donors (Lipinski definition) is 2. The van der Waals surface area contributed by atoms with Crippen LogP contribution in [0.5, 0.6) is 0 Å². The van der Waals surface area contributed by atoms with Gasteiger partial charge in [-0.2, -0.15) is 13.2 Å². The number of carbonyl (C=O) groups is 2. The maximum absolute atomic E-state index is 13.1. The molecule has 9 heteroatoms. The SMILES string of the molecule is O=C(NC(CC(F)(F)F)c1ccc(F)cc1)C(=O)N(CCO)Cc1ccccc1. The largest absolute Gasteiger partial charge is 0.395 e. The number of carbonyl (C=O) groups excluding carboxylic acids is 2. The topological polar surface area (TPSA) is 69.6 Å². The van der Waals surface area contributed by atoms with E-state index in [1.807, 2.05) is 0 Å². The average Bonchev–Trinajstić information content (AvgIpc) is 2.67. The van der Waals surface area contributed by atoms with Crippen LogP contribution in [-0.2, 0) is 16.1 Å². The molecule has 0 aromatic heterocycles. The quantitative estimate of drug-likeness (QED) is 0.543. The van der Waals surface area contributed by atoms with Crippen LogP contribution in [0.2, 0.25) is 0 Å². The van der Waals surface area contributed by atoms with E-state index in [-0.39, 0.29) is 18.7 Å². The molecule has 2 amide bonds. The molecule has 5 nitrogen and oxygen atoms in total. The first-order valence-corrected chi connectivity index (χ1v) is 8.76. The summed E-state index contributed by atoms with van der Waals surface area (Å²) in [6.07, 6.45) is -6.04. The number of nitrogens with zero attached hydrogens (tertiary/aromatic N) is 1. The van der Waals surface area contributed by atoms with Gasteiger partial charge >= 0.3 is 18.0 Å². The van der Waals surface area contributed by atoms with Gasteiger partial charge in [-0.3, -0.25) is 9.59 Å². The maximum atomic E-state index is 13.1. The van der Waals surface area contributed by atoms with E-state index in [9.17, 15) is 32.3 Å². The predicted molar refractivity (Wildman–Crippen MR) is 96.9 cm³/mol. The van der Waals surface area contributed by atoms with Crippen molar-refractivity contribution >= 4 is 11.8 Å². The zero-order valence-electron chi connectivity index (χ0n) is 15.3. The molecule has 2 aromatic rings. The second-order valence-electron chi connectivity index (χ2n) is 6.33. The Kier molecular flexibility index (Phi) is 7.72. The molecule has 156 valence electrons. The third kappa shape index (κ3) is 7.19. The van der Waals surface area contributed by atoms with Gasteiger partial charge in [0.15, 0.2) is 0 Å². The Balaban J connectivity index is 2.16. The summed E-state index contributed by atoms with van der Waals surface area (Å²) in [6.45, 7) is -0.578. The van der Waals surface area contributed by atoms with Crippen LogP contribution in [0.25, 0.3) is 0 Å². The summed E-state index contributed by atoms with van der Waals surface area (Å²) in [4.78, 5) is 25.9. The number of aliphatic hydroxyl groups is 1. The van der Waals surface area contributed by atoms with Gasteiger partial charge in [0.1, 0.15) is 5.82 Å². The van der Waals surface area contributed by atoms with Gasteiger partial charge in [0.2, 0.25) is 0 Å². The molecule has 2 N–H and O–H groups in total. The Morgan fingerprint density at radius 1 is 1.03 bits per heavy atom. The van der Waals surface area contributed by atoms with E-state index in [1.54, 1.807) is 30.3 Å². The minimum atomic E-state index is -4.62. The number of alkyl halides is 3. The van der Waals surface area contributed by atoms with Crippen LogP contribution in [0.3, 0.4) is 0 Å². The monoisotopic (exact) mass is 412 g/mol. The Morgan fingerprint density at radius 3 is 2.21 bits per heavy atom. The highest BCUT2D eigenvalue weighted by molar-refractivity contribution is 6.35. The van der Waals surface area contributed by atoms with E-state index in [0.29, 0.717) is 5.56 Å². The van der Waals surface area contributed by atoms with Crippen molar-refractivity contribution in [3.8, 4) is 0 Å². The highest BCUT2D eigenvalue weighted by Gasteiger charge is 2.35. The molecule has 0 heterocycles. The van der Waals surface area contributed by atoms with E-state index in [1.165, 1.54) is 0 Å². The molecule has 0 aliphatic carbocycles. The summed E-state index contributed by atoms with van der Waals surface area (Å²) in [5, 5.41) is 11.3. The van der Waals surface area contributed by atoms with Gasteiger partial charge in [-0.1, -0.05) is 42.5 Å². The van der Waals surface area contributed by atoms with E-state index in [4.69, 9.17) is 0 Å². The second-order valence-corrected chi connectivity index (χ2v) is 6.33. The standard InChI is InChI=1S/C20H20F4N2O3/c21-16-8-6-15(7-9-16)17(12-20(22,23)24)25-18(28)19(29)26(10-11-27)13-14-4-2-1-3-5-14/h1-9,17,27H,10-13H2,(H,25,28).